The highest BCUT2D eigenvalue weighted by molar-refractivity contribution is 6.43. The van der Waals surface area contributed by atoms with Crippen LogP contribution in [0, 0.1) is 0 Å². The number of rotatable bonds is 3. The zero-order valence-electron chi connectivity index (χ0n) is 12.1. The zero-order valence-corrected chi connectivity index (χ0v) is 13.6. The summed E-state index contributed by atoms with van der Waals surface area (Å²) in [6.07, 6.45) is 1.78. The van der Waals surface area contributed by atoms with Crippen molar-refractivity contribution in [2.45, 2.75) is 0 Å². The van der Waals surface area contributed by atoms with Gasteiger partial charge in [-0.05, 0) is 18.2 Å². The average molecular weight is 334 g/mol. The predicted octanol–water partition coefficient (Wildman–Crippen LogP) is 4.15. The highest BCUT2D eigenvalue weighted by Gasteiger charge is 2.15. The van der Waals surface area contributed by atoms with E-state index < -0.39 is 0 Å². The fourth-order valence-electron chi connectivity index (χ4n) is 2.47. The van der Waals surface area contributed by atoms with Crippen molar-refractivity contribution in [1.29, 1.82) is 0 Å². The minimum absolute atomic E-state index is 0.552. The van der Waals surface area contributed by atoms with E-state index in [1.807, 2.05) is 18.2 Å². The van der Waals surface area contributed by atoms with Crippen LogP contribution < -0.4 is 4.90 Å². The molecule has 1 aliphatic heterocycles. The van der Waals surface area contributed by atoms with Gasteiger partial charge in [-0.25, -0.2) is 0 Å². The van der Waals surface area contributed by atoms with E-state index in [4.69, 9.17) is 23.2 Å². The van der Waals surface area contributed by atoms with Crippen LogP contribution in [0.15, 0.2) is 53.6 Å². The number of halogens is 2. The molecule has 0 unspecified atom stereocenters. The molecular formula is C17H17Cl2N3. The summed E-state index contributed by atoms with van der Waals surface area (Å²) in [5.74, 6) is 0. The van der Waals surface area contributed by atoms with Gasteiger partial charge in [0.05, 0.1) is 29.3 Å². The van der Waals surface area contributed by atoms with Gasteiger partial charge in [-0.2, -0.15) is 5.10 Å². The Morgan fingerprint density at radius 3 is 2.32 bits per heavy atom. The molecule has 3 nitrogen and oxygen atoms in total. The standard InChI is InChI=1S/C17H17Cl2N3/c18-16-8-4-5-14(17(16)19)13-20-22-11-9-21(10-12-22)15-6-2-1-3-7-15/h1-8,13H,9-12H2. The minimum Gasteiger partial charge on any atom is -0.368 e. The van der Waals surface area contributed by atoms with Gasteiger partial charge in [-0.3, -0.25) is 5.01 Å². The quantitative estimate of drug-likeness (QED) is 0.786. The van der Waals surface area contributed by atoms with E-state index in [9.17, 15) is 0 Å². The Kier molecular flexibility index (Phi) is 4.86. The largest absolute Gasteiger partial charge is 0.368 e. The number of nitrogens with zero attached hydrogens (tertiary/aromatic N) is 3. The van der Waals surface area contributed by atoms with Gasteiger partial charge in [0.2, 0.25) is 0 Å². The number of anilines is 1. The zero-order chi connectivity index (χ0) is 15.4. The lowest BCUT2D eigenvalue weighted by atomic mass is 10.2. The van der Waals surface area contributed by atoms with Crippen LogP contribution in [-0.2, 0) is 0 Å². The summed E-state index contributed by atoms with van der Waals surface area (Å²) in [6, 6.07) is 16.0. The summed E-state index contributed by atoms with van der Waals surface area (Å²) in [5, 5.41) is 7.70. The summed E-state index contributed by atoms with van der Waals surface area (Å²) < 4.78 is 0. The van der Waals surface area contributed by atoms with Crippen LogP contribution in [0.25, 0.3) is 0 Å². The van der Waals surface area contributed by atoms with Gasteiger partial charge < -0.3 is 4.90 Å². The number of hydrogen-bond donors (Lipinski definition) is 0. The van der Waals surface area contributed by atoms with Gasteiger partial charge in [0.1, 0.15) is 0 Å². The normalized spacial score (nSPS) is 15.5. The van der Waals surface area contributed by atoms with Crippen LogP contribution in [0.4, 0.5) is 5.69 Å². The van der Waals surface area contributed by atoms with Crippen molar-refractivity contribution in [3.8, 4) is 0 Å². The molecule has 1 saturated heterocycles. The topological polar surface area (TPSA) is 18.8 Å². The van der Waals surface area contributed by atoms with Crippen molar-refractivity contribution in [3.05, 3.63) is 64.1 Å². The molecule has 2 aromatic rings. The summed E-state index contributed by atoms with van der Waals surface area (Å²) in [6.45, 7) is 3.71. The second kappa shape index (κ2) is 7.03. The Balaban J connectivity index is 1.60. The summed E-state index contributed by atoms with van der Waals surface area (Å²) in [7, 11) is 0. The van der Waals surface area contributed by atoms with E-state index in [-0.39, 0.29) is 0 Å². The first-order valence-electron chi connectivity index (χ1n) is 7.27. The lowest BCUT2D eigenvalue weighted by Crippen LogP contribution is -2.44. The molecule has 0 spiro atoms. The lowest BCUT2D eigenvalue weighted by molar-refractivity contribution is 0.272. The molecule has 0 bridgehead atoms. The molecule has 0 radical (unpaired) electrons. The van der Waals surface area contributed by atoms with Gasteiger partial charge in [0.15, 0.2) is 0 Å². The Labute approximate surface area is 140 Å². The van der Waals surface area contributed by atoms with Crippen molar-refractivity contribution in [2.24, 2.45) is 5.10 Å². The minimum atomic E-state index is 0.552. The molecule has 1 aliphatic rings. The molecule has 5 heteroatoms. The maximum absolute atomic E-state index is 6.16. The Morgan fingerprint density at radius 2 is 1.59 bits per heavy atom. The van der Waals surface area contributed by atoms with Crippen molar-refractivity contribution in [1.82, 2.24) is 5.01 Å². The highest BCUT2D eigenvalue weighted by Crippen LogP contribution is 2.24. The SMILES string of the molecule is Clc1cccc(C=NN2CCN(c3ccccc3)CC2)c1Cl. The van der Waals surface area contributed by atoms with Gasteiger partial charge >= 0.3 is 0 Å². The Morgan fingerprint density at radius 1 is 0.864 bits per heavy atom. The lowest BCUT2D eigenvalue weighted by Gasteiger charge is -2.34. The molecule has 3 rings (SSSR count). The van der Waals surface area contributed by atoms with E-state index >= 15 is 0 Å². The number of hydrazone groups is 1. The molecule has 2 aromatic carbocycles. The second-order valence-electron chi connectivity index (χ2n) is 5.16. The number of benzene rings is 2. The van der Waals surface area contributed by atoms with Crippen molar-refractivity contribution in [2.75, 3.05) is 31.1 Å². The molecule has 0 saturated carbocycles. The van der Waals surface area contributed by atoms with Crippen LogP contribution in [0.5, 0.6) is 0 Å². The van der Waals surface area contributed by atoms with Crippen molar-refractivity contribution >= 4 is 35.1 Å². The van der Waals surface area contributed by atoms with E-state index in [1.165, 1.54) is 5.69 Å². The van der Waals surface area contributed by atoms with Crippen molar-refractivity contribution in [3.63, 3.8) is 0 Å². The van der Waals surface area contributed by atoms with Gasteiger partial charge in [-0.15, -0.1) is 0 Å². The Hall–Kier alpha value is -1.71. The fraction of sp³-hybridized carbons (Fsp3) is 0.235. The van der Waals surface area contributed by atoms with Gasteiger partial charge in [0.25, 0.3) is 0 Å². The summed E-state index contributed by atoms with van der Waals surface area (Å²) in [5.41, 5.74) is 2.11. The summed E-state index contributed by atoms with van der Waals surface area (Å²) in [4.78, 5) is 2.37. The molecule has 0 N–H and O–H groups in total. The van der Waals surface area contributed by atoms with E-state index in [1.54, 1.807) is 12.3 Å². The van der Waals surface area contributed by atoms with Crippen LogP contribution in [-0.4, -0.2) is 37.4 Å². The number of piperazine rings is 1. The molecule has 1 heterocycles. The van der Waals surface area contributed by atoms with Crippen LogP contribution in [0.1, 0.15) is 5.56 Å². The third kappa shape index (κ3) is 3.54. The van der Waals surface area contributed by atoms with Crippen LogP contribution in [0.2, 0.25) is 10.0 Å². The van der Waals surface area contributed by atoms with Crippen molar-refractivity contribution < 1.29 is 0 Å². The average Bonchev–Trinajstić information content (AvgIpc) is 2.57. The summed E-state index contributed by atoms with van der Waals surface area (Å²) >= 11 is 12.2. The highest BCUT2D eigenvalue weighted by atomic mass is 35.5. The fourth-order valence-corrected chi connectivity index (χ4v) is 2.83. The van der Waals surface area contributed by atoms with Crippen LogP contribution >= 0.6 is 23.2 Å². The molecular weight excluding hydrogens is 317 g/mol. The smallest absolute Gasteiger partial charge is 0.0680 e. The van der Waals surface area contributed by atoms with E-state index in [0.29, 0.717) is 10.0 Å². The van der Waals surface area contributed by atoms with Crippen LogP contribution in [0.3, 0.4) is 0 Å². The van der Waals surface area contributed by atoms with Gasteiger partial charge in [-0.1, -0.05) is 53.5 Å². The molecule has 1 fully saturated rings. The first-order chi connectivity index (χ1) is 10.7. The molecule has 0 atom stereocenters. The maximum Gasteiger partial charge on any atom is 0.0680 e. The number of hydrogen-bond acceptors (Lipinski definition) is 3. The molecule has 0 aliphatic carbocycles. The maximum atomic E-state index is 6.16. The monoisotopic (exact) mass is 333 g/mol. The molecule has 114 valence electrons. The third-order valence-corrected chi connectivity index (χ3v) is 4.55. The first-order valence-corrected chi connectivity index (χ1v) is 8.02. The predicted molar refractivity (Wildman–Crippen MR) is 94.3 cm³/mol. The van der Waals surface area contributed by atoms with E-state index in [2.05, 4.69) is 39.3 Å². The Bertz CT molecular complexity index is 650. The number of para-hydroxylation sites is 1. The molecule has 0 aromatic heterocycles. The molecule has 22 heavy (non-hydrogen) atoms. The van der Waals surface area contributed by atoms with E-state index in [0.717, 1.165) is 31.7 Å². The third-order valence-electron chi connectivity index (χ3n) is 3.72. The molecule has 0 amide bonds. The first kappa shape index (κ1) is 15.2. The van der Waals surface area contributed by atoms with Gasteiger partial charge in [0, 0.05) is 24.3 Å². The second-order valence-corrected chi connectivity index (χ2v) is 5.95.